The summed E-state index contributed by atoms with van der Waals surface area (Å²) in [6, 6.07) is 7.53. The molecule has 0 heterocycles. The minimum Gasteiger partial charge on any atom is -0.388 e. The second kappa shape index (κ2) is 6.67. The number of hydrogen-bond acceptors (Lipinski definition) is 2. The van der Waals surface area contributed by atoms with Crippen LogP contribution in [0.25, 0.3) is 0 Å². The van der Waals surface area contributed by atoms with E-state index in [1.165, 1.54) is 32.1 Å². The molecule has 1 unspecified atom stereocenters. The van der Waals surface area contributed by atoms with Gasteiger partial charge in [0, 0.05) is 16.0 Å². The Morgan fingerprint density at radius 2 is 2.06 bits per heavy atom. The zero-order valence-corrected chi connectivity index (χ0v) is 11.5. The second-order valence-electron chi connectivity index (χ2n) is 4.66. The Hall–Kier alpha value is -0.180. The molecule has 3 heteroatoms. The molecule has 0 radical (unpaired) electrons. The van der Waals surface area contributed by atoms with Crippen molar-refractivity contribution < 1.29 is 5.11 Å². The van der Waals surface area contributed by atoms with E-state index in [0.29, 0.717) is 5.02 Å². The Balaban J connectivity index is 1.82. The first-order valence-corrected chi connectivity index (χ1v) is 7.73. The lowest BCUT2D eigenvalue weighted by molar-refractivity contribution is 0.204. The predicted octanol–water partition coefficient (Wildman–Crippen LogP) is 4.44. The molecule has 0 bridgehead atoms. The maximum absolute atomic E-state index is 10.1. The van der Waals surface area contributed by atoms with E-state index in [9.17, 15) is 5.11 Å². The normalized spacial score (nSPS) is 19.2. The summed E-state index contributed by atoms with van der Waals surface area (Å²) in [5, 5.41) is 11.5. The van der Waals surface area contributed by atoms with Crippen LogP contribution < -0.4 is 0 Å². The van der Waals surface area contributed by atoms with Gasteiger partial charge in [-0.25, -0.2) is 0 Å². The Labute approximate surface area is 113 Å². The van der Waals surface area contributed by atoms with Gasteiger partial charge < -0.3 is 5.11 Å². The van der Waals surface area contributed by atoms with Gasteiger partial charge in [0.2, 0.25) is 0 Å². The fourth-order valence-electron chi connectivity index (χ4n) is 2.27. The first-order chi connectivity index (χ1) is 8.25. The van der Waals surface area contributed by atoms with Crippen LogP contribution in [0.4, 0.5) is 0 Å². The topological polar surface area (TPSA) is 20.2 Å². The van der Waals surface area contributed by atoms with Crippen LogP contribution in [-0.2, 0) is 0 Å². The molecule has 0 amide bonds. The molecule has 1 saturated carbocycles. The highest BCUT2D eigenvalue weighted by molar-refractivity contribution is 7.99. The SMILES string of the molecule is OC(CSC1CCCCC1)c1cccc(Cl)c1. The minimum atomic E-state index is -0.388. The van der Waals surface area contributed by atoms with Crippen molar-refractivity contribution in [3.05, 3.63) is 34.9 Å². The number of aliphatic hydroxyl groups excluding tert-OH is 1. The van der Waals surface area contributed by atoms with Gasteiger partial charge in [0.05, 0.1) is 6.10 Å². The zero-order valence-electron chi connectivity index (χ0n) is 9.94. The third-order valence-electron chi connectivity index (χ3n) is 3.28. The zero-order chi connectivity index (χ0) is 12.1. The van der Waals surface area contributed by atoms with E-state index in [-0.39, 0.29) is 6.10 Å². The van der Waals surface area contributed by atoms with E-state index >= 15 is 0 Å². The van der Waals surface area contributed by atoms with Crippen molar-refractivity contribution in [1.29, 1.82) is 0 Å². The molecule has 1 fully saturated rings. The number of halogens is 1. The number of hydrogen-bond donors (Lipinski definition) is 1. The molecule has 1 nitrogen and oxygen atoms in total. The fraction of sp³-hybridized carbons (Fsp3) is 0.571. The average molecular weight is 271 g/mol. The van der Waals surface area contributed by atoms with Crippen molar-refractivity contribution in [3.8, 4) is 0 Å². The standard InChI is InChI=1S/C14H19ClOS/c15-12-6-4-5-11(9-12)14(16)10-17-13-7-2-1-3-8-13/h4-6,9,13-14,16H,1-3,7-8,10H2. The van der Waals surface area contributed by atoms with Gasteiger partial charge in [0.15, 0.2) is 0 Å². The van der Waals surface area contributed by atoms with Crippen molar-refractivity contribution in [2.24, 2.45) is 0 Å². The monoisotopic (exact) mass is 270 g/mol. The molecule has 0 spiro atoms. The third-order valence-corrected chi connectivity index (χ3v) is 4.96. The van der Waals surface area contributed by atoms with Crippen molar-refractivity contribution in [2.45, 2.75) is 43.5 Å². The van der Waals surface area contributed by atoms with Gasteiger partial charge in [0.25, 0.3) is 0 Å². The first-order valence-electron chi connectivity index (χ1n) is 6.31. The molecule has 1 atom stereocenters. The lowest BCUT2D eigenvalue weighted by Crippen LogP contribution is -2.11. The summed E-state index contributed by atoms with van der Waals surface area (Å²) in [5.41, 5.74) is 0.931. The number of aliphatic hydroxyl groups is 1. The summed E-state index contributed by atoms with van der Waals surface area (Å²) < 4.78 is 0. The minimum absolute atomic E-state index is 0.388. The molecular formula is C14H19ClOS. The van der Waals surface area contributed by atoms with E-state index in [0.717, 1.165) is 16.6 Å². The Morgan fingerprint density at radius 3 is 2.76 bits per heavy atom. The predicted molar refractivity (Wildman–Crippen MR) is 75.7 cm³/mol. The molecular weight excluding hydrogens is 252 g/mol. The summed E-state index contributed by atoms with van der Waals surface area (Å²) in [6.07, 6.45) is 6.32. The average Bonchev–Trinajstić information content (AvgIpc) is 2.37. The summed E-state index contributed by atoms with van der Waals surface area (Å²) in [6.45, 7) is 0. The van der Waals surface area contributed by atoms with Crippen LogP contribution in [0.5, 0.6) is 0 Å². The molecule has 0 saturated heterocycles. The van der Waals surface area contributed by atoms with E-state index < -0.39 is 0 Å². The third kappa shape index (κ3) is 4.20. The molecule has 94 valence electrons. The maximum atomic E-state index is 10.1. The van der Waals surface area contributed by atoms with E-state index in [2.05, 4.69) is 0 Å². The molecule has 0 aromatic heterocycles. The van der Waals surface area contributed by atoms with Crippen LogP contribution in [0.1, 0.15) is 43.8 Å². The number of thioether (sulfide) groups is 1. The van der Waals surface area contributed by atoms with Crippen LogP contribution in [0, 0.1) is 0 Å². The van der Waals surface area contributed by atoms with Crippen molar-refractivity contribution in [3.63, 3.8) is 0 Å². The number of rotatable bonds is 4. The highest BCUT2D eigenvalue weighted by atomic mass is 35.5. The van der Waals surface area contributed by atoms with Gasteiger partial charge in [-0.2, -0.15) is 11.8 Å². The molecule has 2 rings (SSSR count). The van der Waals surface area contributed by atoms with Crippen LogP contribution in [0.2, 0.25) is 5.02 Å². The molecule has 1 N–H and O–H groups in total. The molecule has 17 heavy (non-hydrogen) atoms. The van der Waals surface area contributed by atoms with E-state index in [1.807, 2.05) is 36.0 Å². The van der Waals surface area contributed by atoms with Crippen LogP contribution in [0.15, 0.2) is 24.3 Å². The highest BCUT2D eigenvalue weighted by Crippen LogP contribution is 2.31. The number of benzene rings is 1. The molecule has 0 aliphatic heterocycles. The van der Waals surface area contributed by atoms with Crippen molar-refractivity contribution in [2.75, 3.05) is 5.75 Å². The molecule has 1 aromatic carbocycles. The summed E-state index contributed by atoms with van der Waals surface area (Å²) in [7, 11) is 0. The van der Waals surface area contributed by atoms with Crippen molar-refractivity contribution in [1.82, 2.24) is 0 Å². The molecule has 1 aromatic rings. The Kier molecular flexibility index (Phi) is 5.20. The largest absolute Gasteiger partial charge is 0.388 e. The smallest absolute Gasteiger partial charge is 0.0881 e. The fourth-order valence-corrected chi connectivity index (χ4v) is 3.78. The van der Waals surface area contributed by atoms with Crippen molar-refractivity contribution >= 4 is 23.4 Å². The Bertz CT molecular complexity index is 350. The molecule has 1 aliphatic rings. The van der Waals surface area contributed by atoms with Crippen LogP contribution >= 0.6 is 23.4 Å². The quantitative estimate of drug-likeness (QED) is 0.873. The Morgan fingerprint density at radius 1 is 1.29 bits per heavy atom. The van der Waals surface area contributed by atoms with Gasteiger partial charge in [-0.1, -0.05) is 43.0 Å². The first kappa shape index (κ1) is 13.3. The van der Waals surface area contributed by atoms with Gasteiger partial charge in [-0.3, -0.25) is 0 Å². The summed E-state index contributed by atoms with van der Waals surface area (Å²) in [5.74, 6) is 0.783. The van der Waals surface area contributed by atoms with E-state index in [4.69, 9.17) is 11.6 Å². The van der Waals surface area contributed by atoms with Gasteiger partial charge >= 0.3 is 0 Å². The lowest BCUT2D eigenvalue weighted by Gasteiger charge is -2.22. The summed E-state index contributed by atoms with van der Waals surface area (Å²) >= 11 is 7.83. The van der Waals surface area contributed by atoms with Gasteiger partial charge in [-0.15, -0.1) is 0 Å². The molecule has 1 aliphatic carbocycles. The summed E-state index contributed by atoms with van der Waals surface area (Å²) in [4.78, 5) is 0. The van der Waals surface area contributed by atoms with Crippen LogP contribution in [0.3, 0.4) is 0 Å². The van der Waals surface area contributed by atoms with Crippen LogP contribution in [-0.4, -0.2) is 16.1 Å². The second-order valence-corrected chi connectivity index (χ2v) is 6.43. The maximum Gasteiger partial charge on any atom is 0.0881 e. The van der Waals surface area contributed by atoms with Gasteiger partial charge in [-0.05, 0) is 30.5 Å². The lowest BCUT2D eigenvalue weighted by atomic mass is 10.0. The van der Waals surface area contributed by atoms with E-state index in [1.54, 1.807) is 0 Å². The van der Waals surface area contributed by atoms with Gasteiger partial charge in [0.1, 0.15) is 0 Å². The highest BCUT2D eigenvalue weighted by Gasteiger charge is 2.16.